The van der Waals surface area contributed by atoms with Crippen LogP contribution in [0.15, 0.2) is 6.07 Å². The molecule has 114 valence electrons. The highest BCUT2D eigenvalue weighted by Crippen LogP contribution is 2.18. The monoisotopic (exact) mass is 290 g/mol. The van der Waals surface area contributed by atoms with Gasteiger partial charge in [0.1, 0.15) is 5.56 Å². The van der Waals surface area contributed by atoms with E-state index in [9.17, 15) is 9.90 Å². The molecule has 0 saturated carbocycles. The first-order valence-corrected chi connectivity index (χ1v) is 6.91. The molecule has 2 rings (SSSR count). The van der Waals surface area contributed by atoms with Gasteiger partial charge in [0.2, 0.25) is 0 Å². The van der Waals surface area contributed by atoms with Crippen LogP contribution in [0.3, 0.4) is 0 Å². The van der Waals surface area contributed by atoms with Crippen molar-refractivity contribution < 1.29 is 9.90 Å². The SMILES string of the molecule is Cc1cc(C)n2nc(C)c(C(=O)N(C)CC(C)(C)O)c2n1. The van der Waals surface area contributed by atoms with E-state index in [1.54, 1.807) is 32.3 Å². The highest BCUT2D eigenvalue weighted by molar-refractivity contribution is 6.01. The molecule has 0 fully saturated rings. The minimum Gasteiger partial charge on any atom is -0.389 e. The van der Waals surface area contributed by atoms with Crippen molar-refractivity contribution in [2.75, 3.05) is 13.6 Å². The first-order valence-electron chi connectivity index (χ1n) is 6.91. The molecule has 1 amide bonds. The highest BCUT2D eigenvalue weighted by atomic mass is 16.3. The number of hydrogen-bond donors (Lipinski definition) is 1. The number of fused-ring (bicyclic) bond motifs is 1. The molecular formula is C15H22N4O2. The van der Waals surface area contributed by atoms with Gasteiger partial charge in [0, 0.05) is 25.0 Å². The summed E-state index contributed by atoms with van der Waals surface area (Å²) in [5, 5.41) is 14.3. The second-order valence-electron chi connectivity index (χ2n) is 6.21. The number of carbonyl (C=O) groups excluding carboxylic acids is 1. The van der Waals surface area contributed by atoms with Crippen LogP contribution in [0, 0.1) is 20.8 Å². The van der Waals surface area contributed by atoms with Gasteiger partial charge in [0.15, 0.2) is 5.65 Å². The molecule has 1 N–H and O–H groups in total. The Kier molecular flexibility index (Phi) is 3.76. The van der Waals surface area contributed by atoms with Crippen molar-refractivity contribution in [2.24, 2.45) is 0 Å². The summed E-state index contributed by atoms with van der Waals surface area (Å²) < 4.78 is 1.69. The number of aryl methyl sites for hydroxylation is 3. The topological polar surface area (TPSA) is 70.7 Å². The molecule has 6 nitrogen and oxygen atoms in total. The Morgan fingerprint density at radius 1 is 1.38 bits per heavy atom. The number of carbonyl (C=O) groups is 1. The summed E-state index contributed by atoms with van der Waals surface area (Å²) in [6, 6.07) is 1.92. The Morgan fingerprint density at radius 3 is 2.57 bits per heavy atom. The molecule has 0 spiro atoms. The number of nitrogens with zero attached hydrogens (tertiary/aromatic N) is 4. The van der Waals surface area contributed by atoms with Crippen molar-refractivity contribution in [1.82, 2.24) is 19.5 Å². The zero-order chi connectivity index (χ0) is 15.9. The van der Waals surface area contributed by atoms with Gasteiger partial charge in [-0.1, -0.05) is 0 Å². The molecule has 2 aromatic rings. The molecule has 0 aliphatic heterocycles. The first kappa shape index (κ1) is 15.4. The van der Waals surface area contributed by atoms with Crippen molar-refractivity contribution in [2.45, 2.75) is 40.2 Å². The quantitative estimate of drug-likeness (QED) is 0.930. The molecule has 2 heterocycles. The van der Waals surface area contributed by atoms with Crippen molar-refractivity contribution in [1.29, 1.82) is 0 Å². The maximum absolute atomic E-state index is 12.7. The average Bonchev–Trinajstić information content (AvgIpc) is 2.62. The third-order valence-corrected chi connectivity index (χ3v) is 3.25. The van der Waals surface area contributed by atoms with Crippen molar-refractivity contribution >= 4 is 11.6 Å². The first-order chi connectivity index (χ1) is 9.60. The lowest BCUT2D eigenvalue weighted by Crippen LogP contribution is -2.39. The van der Waals surface area contributed by atoms with Crippen LogP contribution in [-0.4, -0.2) is 49.7 Å². The molecule has 0 aliphatic rings. The number of likely N-dealkylation sites (N-methyl/N-ethyl adjacent to an activating group) is 1. The number of aliphatic hydroxyl groups is 1. The predicted molar refractivity (Wildman–Crippen MR) is 80.5 cm³/mol. The molecule has 0 atom stereocenters. The van der Waals surface area contributed by atoms with Crippen LogP contribution in [0.2, 0.25) is 0 Å². The van der Waals surface area contributed by atoms with E-state index >= 15 is 0 Å². The van der Waals surface area contributed by atoms with Crippen molar-refractivity contribution in [3.05, 3.63) is 28.7 Å². The van der Waals surface area contributed by atoms with Crippen LogP contribution in [0.4, 0.5) is 0 Å². The maximum atomic E-state index is 12.7. The van der Waals surface area contributed by atoms with E-state index in [-0.39, 0.29) is 12.5 Å². The number of hydrogen-bond acceptors (Lipinski definition) is 4. The summed E-state index contributed by atoms with van der Waals surface area (Å²) in [5.74, 6) is -0.179. The van der Waals surface area contributed by atoms with Gasteiger partial charge in [-0.05, 0) is 40.7 Å². The lowest BCUT2D eigenvalue weighted by Gasteiger charge is -2.25. The van der Waals surface area contributed by atoms with E-state index in [0.717, 1.165) is 11.4 Å². The summed E-state index contributed by atoms with van der Waals surface area (Å²) in [5.41, 5.74) is 2.54. The molecule has 0 bridgehead atoms. The van der Waals surface area contributed by atoms with E-state index in [4.69, 9.17) is 0 Å². The molecule has 0 aliphatic carbocycles. The lowest BCUT2D eigenvalue weighted by molar-refractivity contribution is 0.0368. The molecule has 0 saturated heterocycles. The fraction of sp³-hybridized carbons (Fsp3) is 0.533. The molecule has 0 radical (unpaired) electrons. The minimum absolute atomic E-state index is 0.179. The van der Waals surface area contributed by atoms with Crippen LogP contribution in [0.5, 0.6) is 0 Å². The van der Waals surface area contributed by atoms with Crippen LogP contribution >= 0.6 is 0 Å². The Morgan fingerprint density at radius 2 is 2.00 bits per heavy atom. The molecule has 21 heavy (non-hydrogen) atoms. The Balaban J connectivity index is 2.51. The Bertz CT molecular complexity index is 698. The minimum atomic E-state index is -0.944. The average molecular weight is 290 g/mol. The van der Waals surface area contributed by atoms with Crippen LogP contribution in [0.1, 0.15) is 41.3 Å². The molecule has 0 aromatic carbocycles. The van der Waals surface area contributed by atoms with Crippen LogP contribution < -0.4 is 0 Å². The molecule has 2 aromatic heterocycles. The van der Waals surface area contributed by atoms with Gasteiger partial charge in [-0.25, -0.2) is 9.50 Å². The second kappa shape index (κ2) is 5.11. The molecule has 0 unspecified atom stereocenters. The molecule has 6 heteroatoms. The summed E-state index contributed by atoms with van der Waals surface area (Å²) in [4.78, 5) is 18.6. The number of rotatable bonds is 3. The normalized spacial score (nSPS) is 12.0. The van der Waals surface area contributed by atoms with Gasteiger partial charge in [-0.15, -0.1) is 0 Å². The predicted octanol–water partition coefficient (Wildman–Crippen LogP) is 1.50. The van der Waals surface area contributed by atoms with E-state index in [1.807, 2.05) is 19.9 Å². The van der Waals surface area contributed by atoms with Crippen LogP contribution in [-0.2, 0) is 0 Å². The molecular weight excluding hydrogens is 268 g/mol. The zero-order valence-electron chi connectivity index (χ0n) is 13.4. The van der Waals surface area contributed by atoms with Gasteiger partial charge in [0.25, 0.3) is 5.91 Å². The summed E-state index contributed by atoms with van der Waals surface area (Å²) in [7, 11) is 1.67. The standard InChI is InChI=1S/C15H22N4O2/c1-9-7-10(2)19-13(16-9)12(11(3)17-19)14(20)18(6)8-15(4,5)21/h7,21H,8H2,1-6H3. The zero-order valence-corrected chi connectivity index (χ0v) is 13.4. The van der Waals surface area contributed by atoms with Gasteiger partial charge < -0.3 is 10.0 Å². The second-order valence-corrected chi connectivity index (χ2v) is 6.21. The third-order valence-electron chi connectivity index (χ3n) is 3.25. The Labute approximate surface area is 124 Å². The van der Waals surface area contributed by atoms with Gasteiger partial charge in [-0.2, -0.15) is 5.10 Å². The smallest absolute Gasteiger partial charge is 0.259 e. The number of aromatic nitrogens is 3. The van der Waals surface area contributed by atoms with Crippen molar-refractivity contribution in [3.63, 3.8) is 0 Å². The van der Waals surface area contributed by atoms with Crippen molar-refractivity contribution in [3.8, 4) is 0 Å². The number of amides is 1. The third kappa shape index (κ3) is 3.05. The largest absolute Gasteiger partial charge is 0.389 e. The van der Waals surface area contributed by atoms with Crippen LogP contribution in [0.25, 0.3) is 5.65 Å². The van der Waals surface area contributed by atoms with E-state index < -0.39 is 5.60 Å². The van der Waals surface area contributed by atoms with Gasteiger partial charge >= 0.3 is 0 Å². The van der Waals surface area contributed by atoms with E-state index in [0.29, 0.717) is 16.9 Å². The summed E-state index contributed by atoms with van der Waals surface area (Å²) >= 11 is 0. The fourth-order valence-electron chi connectivity index (χ4n) is 2.52. The Hall–Kier alpha value is -1.95. The van der Waals surface area contributed by atoms with E-state index in [2.05, 4.69) is 10.1 Å². The highest BCUT2D eigenvalue weighted by Gasteiger charge is 2.25. The van der Waals surface area contributed by atoms with Gasteiger partial charge in [0.05, 0.1) is 11.3 Å². The summed E-state index contributed by atoms with van der Waals surface area (Å²) in [6.45, 7) is 9.22. The maximum Gasteiger partial charge on any atom is 0.259 e. The van der Waals surface area contributed by atoms with E-state index in [1.165, 1.54) is 4.90 Å². The summed E-state index contributed by atoms with van der Waals surface area (Å²) in [6.07, 6.45) is 0. The van der Waals surface area contributed by atoms with Gasteiger partial charge in [-0.3, -0.25) is 4.79 Å². The lowest BCUT2D eigenvalue weighted by atomic mass is 10.1. The fourth-order valence-corrected chi connectivity index (χ4v) is 2.52.